The van der Waals surface area contributed by atoms with Crippen LogP contribution in [0.3, 0.4) is 0 Å². The van der Waals surface area contributed by atoms with Crippen LogP contribution in [0.25, 0.3) is 10.9 Å². The molecule has 1 heterocycles. The van der Waals surface area contributed by atoms with E-state index in [1.165, 1.54) is 0 Å². The van der Waals surface area contributed by atoms with Gasteiger partial charge in [0.25, 0.3) is 5.56 Å². The van der Waals surface area contributed by atoms with Crippen LogP contribution in [-0.2, 0) is 12.6 Å². The maximum absolute atomic E-state index is 12.5. The molecule has 0 saturated heterocycles. The molecule has 2 aromatic rings. The first-order valence-corrected chi connectivity index (χ1v) is 5.13. The molecule has 2 N–H and O–H groups in total. The fraction of sp³-hybridized carbons (Fsp3) is 0.273. The first-order valence-electron chi connectivity index (χ1n) is 5.13. The molecule has 0 saturated carbocycles. The maximum atomic E-state index is 12.5. The number of benzene rings is 1. The van der Waals surface area contributed by atoms with Crippen molar-refractivity contribution in [1.82, 2.24) is 9.97 Å². The summed E-state index contributed by atoms with van der Waals surface area (Å²) in [7, 11) is 0. The Morgan fingerprint density at radius 3 is 2.67 bits per heavy atom. The molecule has 1 aromatic heterocycles. The van der Waals surface area contributed by atoms with Crippen LogP contribution in [0.1, 0.15) is 11.4 Å². The summed E-state index contributed by atoms with van der Waals surface area (Å²) < 4.78 is 37.5. The zero-order valence-electron chi connectivity index (χ0n) is 9.08. The standard InChI is InChI=1S/C11H9F3N2O2/c12-11(13,14)6-1-2-7-8(5-6)15-9(3-4-17)16-10(7)18/h1-2,5,17H,3-4H2,(H,15,16,18). The molecule has 0 atom stereocenters. The fourth-order valence-corrected chi connectivity index (χ4v) is 1.59. The third-order valence-corrected chi connectivity index (χ3v) is 2.43. The zero-order valence-corrected chi connectivity index (χ0v) is 9.08. The largest absolute Gasteiger partial charge is 0.416 e. The van der Waals surface area contributed by atoms with Crippen molar-refractivity contribution in [2.24, 2.45) is 0 Å². The molecule has 4 nitrogen and oxygen atoms in total. The number of aromatic amines is 1. The lowest BCUT2D eigenvalue weighted by atomic mass is 10.1. The van der Waals surface area contributed by atoms with Crippen molar-refractivity contribution in [1.29, 1.82) is 0 Å². The number of nitrogens with one attached hydrogen (secondary N) is 1. The van der Waals surface area contributed by atoms with E-state index in [-0.39, 0.29) is 29.8 Å². The van der Waals surface area contributed by atoms with E-state index in [4.69, 9.17) is 5.11 Å². The van der Waals surface area contributed by atoms with E-state index in [1.807, 2.05) is 0 Å². The predicted octanol–water partition coefficient (Wildman–Crippen LogP) is 1.48. The van der Waals surface area contributed by atoms with Crippen LogP contribution in [-0.4, -0.2) is 21.7 Å². The third-order valence-electron chi connectivity index (χ3n) is 2.43. The van der Waals surface area contributed by atoms with Crippen LogP contribution >= 0.6 is 0 Å². The van der Waals surface area contributed by atoms with Gasteiger partial charge in [0, 0.05) is 6.42 Å². The second kappa shape index (κ2) is 4.41. The molecule has 7 heteroatoms. The number of H-pyrrole nitrogens is 1. The monoisotopic (exact) mass is 258 g/mol. The smallest absolute Gasteiger partial charge is 0.396 e. The summed E-state index contributed by atoms with van der Waals surface area (Å²) in [5.41, 5.74) is -1.41. The first-order chi connectivity index (χ1) is 8.41. The zero-order chi connectivity index (χ0) is 13.3. The number of hydrogen-bond donors (Lipinski definition) is 2. The van der Waals surface area contributed by atoms with Crippen molar-refractivity contribution in [2.45, 2.75) is 12.6 Å². The summed E-state index contributed by atoms with van der Waals surface area (Å²) in [6, 6.07) is 2.75. The summed E-state index contributed by atoms with van der Waals surface area (Å²) >= 11 is 0. The lowest BCUT2D eigenvalue weighted by Crippen LogP contribution is -2.14. The molecular formula is C11H9F3N2O2. The Balaban J connectivity index is 2.64. The molecule has 0 spiro atoms. The number of nitrogens with zero attached hydrogens (tertiary/aromatic N) is 1. The average Bonchev–Trinajstić information content (AvgIpc) is 2.27. The Morgan fingerprint density at radius 1 is 1.33 bits per heavy atom. The van der Waals surface area contributed by atoms with Crippen LogP contribution < -0.4 is 5.56 Å². The maximum Gasteiger partial charge on any atom is 0.416 e. The van der Waals surface area contributed by atoms with Gasteiger partial charge >= 0.3 is 6.18 Å². The molecule has 0 aliphatic carbocycles. The normalized spacial score (nSPS) is 12.0. The number of aromatic nitrogens is 2. The highest BCUT2D eigenvalue weighted by molar-refractivity contribution is 5.78. The number of hydrogen-bond acceptors (Lipinski definition) is 3. The van der Waals surface area contributed by atoms with Gasteiger partial charge in [0.1, 0.15) is 5.82 Å². The van der Waals surface area contributed by atoms with E-state index in [1.54, 1.807) is 0 Å². The Morgan fingerprint density at radius 2 is 2.06 bits per heavy atom. The SMILES string of the molecule is O=c1[nH]c(CCO)nc2cc(C(F)(F)F)ccc12. The van der Waals surface area contributed by atoms with Crippen LogP contribution in [0.2, 0.25) is 0 Å². The lowest BCUT2D eigenvalue weighted by molar-refractivity contribution is -0.137. The van der Waals surface area contributed by atoms with Crippen molar-refractivity contribution >= 4 is 10.9 Å². The second-order valence-electron chi connectivity index (χ2n) is 3.72. The molecule has 0 fully saturated rings. The summed E-state index contributed by atoms with van der Waals surface area (Å²) in [6.45, 7) is -0.243. The van der Waals surface area contributed by atoms with Crippen molar-refractivity contribution < 1.29 is 18.3 Å². The van der Waals surface area contributed by atoms with Gasteiger partial charge in [0.2, 0.25) is 0 Å². The lowest BCUT2D eigenvalue weighted by Gasteiger charge is -2.07. The number of fused-ring (bicyclic) bond motifs is 1. The summed E-state index contributed by atoms with van der Waals surface area (Å²) in [5, 5.41) is 8.81. The van der Waals surface area contributed by atoms with Crippen LogP contribution in [0, 0.1) is 0 Å². The van der Waals surface area contributed by atoms with Gasteiger partial charge in [-0.1, -0.05) is 0 Å². The highest BCUT2D eigenvalue weighted by Gasteiger charge is 2.30. The molecule has 0 unspecified atom stereocenters. The Hall–Kier alpha value is -1.89. The average molecular weight is 258 g/mol. The molecule has 1 aromatic carbocycles. The van der Waals surface area contributed by atoms with Crippen molar-refractivity contribution in [3.05, 3.63) is 39.9 Å². The van der Waals surface area contributed by atoms with E-state index >= 15 is 0 Å². The second-order valence-corrected chi connectivity index (χ2v) is 3.72. The minimum atomic E-state index is -4.48. The molecule has 96 valence electrons. The summed E-state index contributed by atoms with van der Waals surface area (Å²) in [5.74, 6) is 0.161. The summed E-state index contributed by atoms with van der Waals surface area (Å²) in [6.07, 6.45) is -4.39. The van der Waals surface area contributed by atoms with Gasteiger partial charge in [-0.3, -0.25) is 4.79 Å². The predicted molar refractivity (Wildman–Crippen MR) is 58.2 cm³/mol. The molecule has 2 rings (SSSR count). The molecular weight excluding hydrogens is 249 g/mol. The van der Waals surface area contributed by atoms with Crippen molar-refractivity contribution in [2.75, 3.05) is 6.61 Å². The first kappa shape index (κ1) is 12.6. The van der Waals surface area contributed by atoms with Crippen LogP contribution in [0.5, 0.6) is 0 Å². The van der Waals surface area contributed by atoms with E-state index in [2.05, 4.69) is 9.97 Å². The molecule has 0 amide bonds. The molecule has 0 radical (unpaired) electrons. The van der Waals surface area contributed by atoms with E-state index in [0.717, 1.165) is 18.2 Å². The quantitative estimate of drug-likeness (QED) is 0.857. The number of halogens is 3. The molecule has 0 aliphatic rings. The fourth-order valence-electron chi connectivity index (χ4n) is 1.59. The van der Waals surface area contributed by atoms with Gasteiger partial charge in [-0.2, -0.15) is 13.2 Å². The van der Waals surface area contributed by atoms with Gasteiger partial charge in [-0.25, -0.2) is 4.98 Å². The molecule has 0 bridgehead atoms. The minimum Gasteiger partial charge on any atom is -0.396 e. The summed E-state index contributed by atoms with van der Waals surface area (Å²) in [4.78, 5) is 17.9. The van der Waals surface area contributed by atoms with Crippen molar-refractivity contribution in [3.63, 3.8) is 0 Å². The Kier molecular flexibility index (Phi) is 3.08. The van der Waals surface area contributed by atoms with Crippen molar-refractivity contribution in [3.8, 4) is 0 Å². The van der Waals surface area contributed by atoms with E-state index < -0.39 is 17.3 Å². The topological polar surface area (TPSA) is 66.0 Å². The van der Waals surface area contributed by atoms with Gasteiger partial charge in [-0.15, -0.1) is 0 Å². The Labute approximate surface area is 99.1 Å². The molecule has 18 heavy (non-hydrogen) atoms. The Bertz CT molecular complexity index is 634. The number of aliphatic hydroxyl groups excluding tert-OH is 1. The number of alkyl halides is 3. The van der Waals surface area contributed by atoms with E-state index in [9.17, 15) is 18.0 Å². The highest BCUT2D eigenvalue weighted by atomic mass is 19.4. The minimum absolute atomic E-state index is 0.0305. The molecule has 0 aliphatic heterocycles. The van der Waals surface area contributed by atoms with E-state index in [0.29, 0.717) is 0 Å². The van der Waals surface area contributed by atoms with Crippen LogP contribution in [0.15, 0.2) is 23.0 Å². The van der Waals surface area contributed by atoms with Gasteiger partial charge in [0.15, 0.2) is 0 Å². The van der Waals surface area contributed by atoms with Gasteiger partial charge in [-0.05, 0) is 18.2 Å². The van der Waals surface area contributed by atoms with Gasteiger partial charge < -0.3 is 10.1 Å². The highest BCUT2D eigenvalue weighted by Crippen LogP contribution is 2.30. The third kappa shape index (κ3) is 2.35. The van der Waals surface area contributed by atoms with Crippen LogP contribution in [0.4, 0.5) is 13.2 Å². The number of rotatable bonds is 2. The number of aliphatic hydroxyl groups is 1. The van der Waals surface area contributed by atoms with Gasteiger partial charge in [0.05, 0.1) is 23.1 Å².